The van der Waals surface area contributed by atoms with E-state index in [0.717, 1.165) is 22.6 Å². The number of aromatic nitrogens is 5. The summed E-state index contributed by atoms with van der Waals surface area (Å²) >= 11 is 0. The Kier molecular flexibility index (Phi) is 2.56. The molecule has 0 aliphatic heterocycles. The lowest BCUT2D eigenvalue weighted by Gasteiger charge is -2.08. The number of imidazole rings is 1. The normalized spacial score (nSPS) is 10.8. The summed E-state index contributed by atoms with van der Waals surface area (Å²) in [5.41, 5.74) is 9.62. The van der Waals surface area contributed by atoms with Gasteiger partial charge in [-0.15, -0.1) is 0 Å². The molecule has 0 fully saturated rings. The van der Waals surface area contributed by atoms with Crippen LogP contribution in [0.2, 0.25) is 0 Å². The highest BCUT2D eigenvalue weighted by molar-refractivity contribution is 5.72. The van der Waals surface area contributed by atoms with Crippen molar-refractivity contribution in [1.29, 1.82) is 0 Å². The van der Waals surface area contributed by atoms with Crippen LogP contribution < -0.4 is 5.73 Å². The molecule has 0 saturated heterocycles. The van der Waals surface area contributed by atoms with Crippen molar-refractivity contribution in [2.24, 2.45) is 7.05 Å². The Morgan fingerprint density at radius 1 is 1.32 bits per heavy atom. The third-order valence-electron chi connectivity index (χ3n) is 3.00. The van der Waals surface area contributed by atoms with E-state index in [1.807, 2.05) is 36.9 Å². The largest absolute Gasteiger partial charge is 0.383 e. The van der Waals surface area contributed by atoms with Crippen molar-refractivity contribution in [3.63, 3.8) is 0 Å². The van der Waals surface area contributed by atoms with Crippen LogP contribution in [-0.2, 0) is 7.05 Å². The van der Waals surface area contributed by atoms with Crippen LogP contribution >= 0.6 is 0 Å². The molecule has 0 saturated carbocycles. The van der Waals surface area contributed by atoms with E-state index in [1.165, 1.54) is 0 Å². The Balaban J connectivity index is 2.19. The van der Waals surface area contributed by atoms with Crippen molar-refractivity contribution in [3.8, 4) is 16.9 Å². The molecule has 3 aromatic rings. The molecule has 0 aliphatic carbocycles. The first-order valence-electron chi connectivity index (χ1n) is 5.90. The number of anilines is 1. The van der Waals surface area contributed by atoms with Gasteiger partial charge in [0.05, 0.1) is 29.6 Å². The first-order chi connectivity index (χ1) is 9.16. The summed E-state index contributed by atoms with van der Waals surface area (Å²) in [6.45, 7) is 1.96. The SMILES string of the molecule is Cc1nn(C)cc1-n1cncc1-c1cccnc1N. The molecule has 19 heavy (non-hydrogen) atoms. The molecule has 0 amide bonds. The van der Waals surface area contributed by atoms with Crippen LogP contribution in [0.1, 0.15) is 5.69 Å². The van der Waals surface area contributed by atoms with Crippen molar-refractivity contribution in [3.05, 3.63) is 42.7 Å². The lowest BCUT2D eigenvalue weighted by Crippen LogP contribution is -1.99. The van der Waals surface area contributed by atoms with Gasteiger partial charge in [-0.05, 0) is 19.1 Å². The summed E-state index contributed by atoms with van der Waals surface area (Å²) in [7, 11) is 1.89. The Morgan fingerprint density at radius 2 is 2.16 bits per heavy atom. The molecule has 2 N–H and O–H groups in total. The molecule has 3 rings (SSSR count). The number of hydrogen-bond donors (Lipinski definition) is 1. The first-order valence-corrected chi connectivity index (χ1v) is 5.90. The Hall–Kier alpha value is -2.63. The smallest absolute Gasteiger partial charge is 0.132 e. The van der Waals surface area contributed by atoms with Crippen LogP contribution in [0.4, 0.5) is 5.82 Å². The van der Waals surface area contributed by atoms with Crippen LogP contribution in [-0.4, -0.2) is 24.3 Å². The van der Waals surface area contributed by atoms with Crippen molar-refractivity contribution < 1.29 is 0 Å². The Bertz CT molecular complexity index is 724. The number of pyridine rings is 1. The second-order valence-electron chi connectivity index (χ2n) is 4.36. The monoisotopic (exact) mass is 254 g/mol. The third kappa shape index (κ3) is 1.87. The van der Waals surface area contributed by atoms with E-state index in [0.29, 0.717) is 5.82 Å². The number of hydrogen-bond acceptors (Lipinski definition) is 4. The number of nitrogens with two attached hydrogens (primary N) is 1. The zero-order chi connectivity index (χ0) is 13.4. The maximum absolute atomic E-state index is 5.93. The fourth-order valence-corrected chi connectivity index (χ4v) is 2.14. The molecule has 3 heterocycles. The lowest BCUT2D eigenvalue weighted by atomic mass is 10.2. The minimum absolute atomic E-state index is 0.491. The molecule has 0 aliphatic rings. The summed E-state index contributed by atoms with van der Waals surface area (Å²) in [5.74, 6) is 0.491. The molecule has 0 atom stereocenters. The average molecular weight is 254 g/mol. The Labute approximate surface area is 110 Å². The lowest BCUT2D eigenvalue weighted by molar-refractivity contribution is 0.756. The standard InChI is InChI=1S/C13H14N6/c1-9-12(7-18(2)17-9)19-8-15-6-11(19)10-4-3-5-16-13(10)14/h3-8H,1-2H3,(H2,14,16). The van der Waals surface area contributed by atoms with Gasteiger partial charge in [-0.25, -0.2) is 9.97 Å². The van der Waals surface area contributed by atoms with Gasteiger partial charge < -0.3 is 5.73 Å². The van der Waals surface area contributed by atoms with E-state index in [-0.39, 0.29) is 0 Å². The molecule has 6 nitrogen and oxygen atoms in total. The van der Waals surface area contributed by atoms with Gasteiger partial charge in [0.2, 0.25) is 0 Å². The van der Waals surface area contributed by atoms with Crippen LogP contribution in [0, 0.1) is 6.92 Å². The molecule has 3 aromatic heterocycles. The fraction of sp³-hybridized carbons (Fsp3) is 0.154. The van der Waals surface area contributed by atoms with E-state index in [2.05, 4.69) is 15.1 Å². The molecular weight excluding hydrogens is 240 g/mol. The molecule has 0 bridgehead atoms. The van der Waals surface area contributed by atoms with Crippen LogP contribution in [0.3, 0.4) is 0 Å². The highest BCUT2D eigenvalue weighted by Gasteiger charge is 2.13. The predicted molar refractivity (Wildman–Crippen MR) is 72.7 cm³/mol. The van der Waals surface area contributed by atoms with Crippen molar-refractivity contribution in [2.45, 2.75) is 6.92 Å². The second kappa shape index (κ2) is 4.24. The van der Waals surface area contributed by atoms with Gasteiger partial charge in [-0.2, -0.15) is 5.10 Å². The van der Waals surface area contributed by atoms with Gasteiger partial charge in [0.25, 0.3) is 0 Å². The van der Waals surface area contributed by atoms with Crippen LogP contribution in [0.15, 0.2) is 37.1 Å². The number of rotatable bonds is 2. The van der Waals surface area contributed by atoms with Crippen molar-refractivity contribution >= 4 is 5.82 Å². The van der Waals surface area contributed by atoms with Gasteiger partial charge in [0.1, 0.15) is 5.82 Å². The van der Waals surface area contributed by atoms with E-state index >= 15 is 0 Å². The zero-order valence-electron chi connectivity index (χ0n) is 10.8. The van der Waals surface area contributed by atoms with E-state index in [1.54, 1.807) is 23.4 Å². The maximum Gasteiger partial charge on any atom is 0.132 e. The molecule has 96 valence electrons. The van der Waals surface area contributed by atoms with E-state index < -0.39 is 0 Å². The minimum atomic E-state index is 0.491. The van der Waals surface area contributed by atoms with Crippen LogP contribution in [0.5, 0.6) is 0 Å². The Morgan fingerprint density at radius 3 is 2.84 bits per heavy atom. The molecule has 0 unspecified atom stereocenters. The van der Waals surface area contributed by atoms with Gasteiger partial charge in [-0.1, -0.05) is 0 Å². The van der Waals surface area contributed by atoms with E-state index in [9.17, 15) is 0 Å². The highest BCUT2D eigenvalue weighted by atomic mass is 15.3. The molecule has 0 spiro atoms. The number of aryl methyl sites for hydroxylation is 2. The minimum Gasteiger partial charge on any atom is -0.383 e. The molecule has 0 radical (unpaired) electrons. The zero-order valence-corrected chi connectivity index (χ0v) is 10.8. The van der Waals surface area contributed by atoms with Gasteiger partial charge >= 0.3 is 0 Å². The maximum atomic E-state index is 5.93. The van der Waals surface area contributed by atoms with Gasteiger partial charge in [0, 0.05) is 25.0 Å². The van der Waals surface area contributed by atoms with Crippen molar-refractivity contribution in [1.82, 2.24) is 24.3 Å². The number of nitrogens with zero attached hydrogens (tertiary/aromatic N) is 5. The molecule has 0 aromatic carbocycles. The first kappa shape index (κ1) is 11.5. The predicted octanol–water partition coefficient (Wildman–Crippen LogP) is 1.56. The van der Waals surface area contributed by atoms with E-state index in [4.69, 9.17) is 5.73 Å². The summed E-state index contributed by atoms with van der Waals surface area (Å²) in [5, 5.41) is 4.35. The number of nitrogen functional groups attached to an aromatic ring is 1. The van der Waals surface area contributed by atoms with Crippen LogP contribution in [0.25, 0.3) is 16.9 Å². The quantitative estimate of drug-likeness (QED) is 0.753. The summed E-state index contributed by atoms with van der Waals surface area (Å²) in [6, 6.07) is 3.79. The van der Waals surface area contributed by atoms with Gasteiger partial charge in [-0.3, -0.25) is 9.25 Å². The highest BCUT2D eigenvalue weighted by Crippen LogP contribution is 2.26. The average Bonchev–Trinajstić information content (AvgIpc) is 2.96. The summed E-state index contributed by atoms with van der Waals surface area (Å²) in [4.78, 5) is 8.32. The van der Waals surface area contributed by atoms with Gasteiger partial charge in [0.15, 0.2) is 0 Å². The summed E-state index contributed by atoms with van der Waals surface area (Å²) < 4.78 is 3.75. The molecule has 6 heteroatoms. The fourth-order valence-electron chi connectivity index (χ4n) is 2.14. The third-order valence-corrected chi connectivity index (χ3v) is 3.00. The van der Waals surface area contributed by atoms with Crippen molar-refractivity contribution in [2.75, 3.05) is 5.73 Å². The second-order valence-corrected chi connectivity index (χ2v) is 4.36. The molecular formula is C13H14N6. The topological polar surface area (TPSA) is 74.5 Å². The summed E-state index contributed by atoms with van der Waals surface area (Å²) in [6.07, 6.45) is 7.16.